The first kappa shape index (κ1) is 22.9. The molecule has 4 aliphatic rings. The summed E-state index contributed by atoms with van der Waals surface area (Å²) in [4.78, 5) is 10.9. The topological polar surface area (TPSA) is 77.8 Å². The molecule has 0 amide bonds. The van der Waals surface area contributed by atoms with Crippen LogP contribution in [0, 0.1) is 34.5 Å². The van der Waals surface area contributed by atoms with E-state index in [1.165, 1.54) is 44.9 Å². The van der Waals surface area contributed by atoms with Crippen molar-refractivity contribution in [1.82, 2.24) is 0 Å². The second-order valence-corrected chi connectivity index (χ2v) is 12.4. The average molecular weight is 439 g/mol. The summed E-state index contributed by atoms with van der Waals surface area (Å²) < 4.78 is 0. The third-order valence-corrected chi connectivity index (χ3v) is 11.2. The first-order chi connectivity index (χ1) is 14.1. The number of hydrogen-bond acceptors (Lipinski definition) is 4. The van der Waals surface area contributed by atoms with Crippen LogP contribution in [0.5, 0.6) is 0 Å². The molecule has 4 fully saturated rings. The summed E-state index contributed by atoms with van der Waals surface area (Å²) in [6, 6.07) is 0. The molecule has 0 bridgehead atoms. The van der Waals surface area contributed by atoms with Crippen molar-refractivity contribution >= 4 is 18.6 Å². The largest absolute Gasteiger partial charge is 0.481 e. The molecule has 5 heteroatoms. The average Bonchev–Trinajstić information content (AvgIpc) is 2.96. The van der Waals surface area contributed by atoms with Gasteiger partial charge in [-0.1, -0.05) is 26.7 Å². The lowest BCUT2D eigenvalue weighted by atomic mass is 9.44. The van der Waals surface area contributed by atoms with Crippen molar-refractivity contribution in [3.05, 3.63) is 0 Å². The SMILES string of the molecule is C[C@]12CCCCC1CC[C@@H]1[C@@H]2CC[C@@]2(C)[C@H]1CC[C@]2(O)CC(O)C(S)CCC(=O)O. The maximum Gasteiger partial charge on any atom is 0.303 e. The molecule has 0 aromatic heterocycles. The molecule has 4 saturated carbocycles. The Morgan fingerprint density at radius 2 is 1.77 bits per heavy atom. The van der Waals surface area contributed by atoms with Crippen LogP contribution in [-0.2, 0) is 4.79 Å². The highest BCUT2D eigenvalue weighted by atomic mass is 32.1. The monoisotopic (exact) mass is 438 g/mol. The number of aliphatic carboxylic acids is 1. The van der Waals surface area contributed by atoms with Crippen LogP contribution in [0.2, 0.25) is 0 Å². The van der Waals surface area contributed by atoms with Gasteiger partial charge >= 0.3 is 5.97 Å². The van der Waals surface area contributed by atoms with E-state index in [1.807, 2.05) is 0 Å². The molecular weight excluding hydrogens is 396 g/mol. The van der Waals surface area contributed by atoms with E-state index in [0.717, 1.165) is 31.1 Å². The minimum Gasteiger partial charge on any atom is -0.481 e. The van der Waals surface area contributed by atoms with E-state index in [1.54, 1.807) is 0 Å². The van der Waals surface area contributed by atoms with E-state index in [0.29, 0.717) is 30.1 Å². The molecule has 0 radical (unpaired) electrons. The van der Waals surface area contributed by atoms with Crippen molar-refractivity contribution < 1.29 is 20.1 Å². The lowest BCUT2D eigenvalue weighted by Crippen LogP contribution is -2.57. The first-order valence-corrected chi connectivity index (χ1v) is 12.9. The fraction of sp³-hybridized carbons (Fsp3) is 0.960. The van der Waals surface area contributed by atoms with E-state index in [-0.39, 0.29) is 11.8 Å². The summed E-state index contributed by atoms with van der Waals surface area (Å²) in [7, 11) is 0. The molecule has 3 unspecified atom stereocenters. The number of aliphatic hydroxyl groups is 2. The van der Waals surface area contributed by atoms with Gasteiger partial charge in [0.2, 0.25) is 0 Å². The molecule has 9 atom stereocenters. The Kier molecular flexibility index (Phi) is 6.31. The Morgan fingerprint density at radius 1 is 1.03 bits per heavy atom. The fourth-order valence-corrected chi connectivity index (χ4v) is 8.92. The molecule has 0 aromatic carbocycles. The van der Waals surface area contributed by atoms with Gasteiger partial charge < -0.3 is 15.3 Å². The Balaban J connectivity index is 1.48. The Labute approximate surface area is 187 Å². The molecule has 0 aromatic rings. The van der Waals surface area contributed by atoms with Gasteiger partial charge in [-0.2, -0.15) is 12.6 Å². The standard InChI is InChI=1S/C25H42O4S/c1-23-12-4-3-5-16(23)6-7-17-18(23)10-13-24(2)19(17)11-14-25(24,29)15-20(26)21(30)8-9-22(27)28/h16-21,26,29-30H,3-15H2,1-2H3,(H,27,28)/t16?,17-,18+,19+,20?,21?,23+,24+,25+/m1/s1. The van der Waals surface area contributed by atoms with Crippen molar-refractivity contribution in [2.24, 2.45) is 34.5 Å². The van der Waals surface area contributed by atoms with E-state index in [2.05, 4.69) is 26.5 Å². The van der Waals surface area contributed by atoms with E-state index in [4.69, 9.17) is 5.11 Å². The summed E-state index contributed by atoms with van der Waals surface area (Å²) >= 11 is 4.47. The van der Waals surface area contributed by atoms with Crippen LogP contribution in [-0.4, -0.2) is 38.2 Å². The number of aliphatic hydroxyl groups excluding tert-OH is 1. The van der Waals surface area contributed by atoms with E-state index >= 15 is 0 Å². The minimum atomic E-state index is -0.865. The van der Waals surface area contributed by atoms with E-state index < -0.39 is 22.9 Å². The Bertz CT molecular complexity index is 655. The third-order valence-electron chi connectivity index (χ3n) is 10.5. The zero-order valence-electron chi connectivity index (χ0n) is 18.9. The highest BCUT2D eigenvalue weighted by Crippen LogP contribution is 2.68. The molecule has 0 aliphatic heterocycles. The number of fused-ring (bicyclic) bond motifs is 5. The minimum absolute atomic E-state index is 0.00700. The van der Waals surface area contributed by atoms with Crippen molar-refractivity contribution in [1.29, 1.82) is 0 Å². The molecule has 3 N–H and O–H groups in total. The third kappa shape index (κ3) is 3.65. The normalized spacial score (nSPS) is 47.6. The van der Waals surface area contributed by atoms with Gasteiger partial charge in [-0.3, -0.25) is 4.79 Å². The summed E-state index contributed by atoms with van der Waals surface area (Å²) in [6.07, 6.45) is 12.3. The summed E-state index contributed by atoms with van der Waals surface area (Å²) in [5, 5.41) is 31.1. The lowest BCUT2D eigenvalue weighted by molar-refractivity contribution is -0.160. The van der Waals surface area contributed by atoms with Gasteiger partial charge in [-0.15, -0.1) is 0 Å². The van der Waals surface area contributed by atoms with Crippen LogP contribution >= 0.6 is 12.6 Å². The summed E-state index contributed by atoms with van der Waals surface area (Å²) in [5.74, 6) is 2.10. The summed E-state index contributed by atoms with van der Waals surface area (Å²) in [5.41, 5.74) is -0.514. The highest BCUT2D eigenvalue weighted by Gasteiger charge is 2.64. The lowest BCUT2D eigenvalue weighted by Gasteiger charge is -2.61. The molecule has 0 spiro atoms. The predicted molar refractivity (Wildman–Crippen MR) is 122 cm³/mol. The van der Waals surface area contributed by atoms with Crippen LogP contribution in [0.4, 0.5) is 0 Å². The van der Waals surface area contributed by atoms with Gasteiger partial charge in [0.15, 0.2) is 0 Å². The van der Waals surface area contributed by atoms with Crippen LogP contribution in [0.3, 0.4) is 0 Å². The number of carboxylic acid groups (broad SMARTS) is 1. The maximum absolute atomic E-state index is 11.8. The Morgan fingerprint density at radius 3 is 2.50 bits per heavy atom. The van der Waals surface area contributed by atoms with Gasteiger partial charge in [0.25, 0.3) is 0 Å². The van der Waals surface area contributed by atoms with Crippen LogP contribution in [0.15, 0.2) is 0 Å². The van der Waals surface area contributed by atoms with Gasteiger partial charge in [0.1, 0.15) is 0 Å². The van der Waals surface area contributed by atoms with Crippen LogP contribution in [0.1, 0.15) is 97.3 Å². The van der Waals surface area contributed by atoms with Crippen molar-refractivity contribution in [3.63, 3.8) is 0 Å². The number of thiol groups is 1. The smallest absolute Gasteiger partial charge is 0.303 e. The van der Waals surface area contributed by atoms with Crippen LogP contribution in [0.25, 0.3) is 0 Å². The van der Waals surface area contributed by atoms with Crippen LogP contribution < -0.4 is 0 Å². The molecule has 4 rings (SSSR count). The number of carboxylic acids is 1. The predicted octanol–water partition coefficient (Wildman–Crippen LogP) is 5.06. The molecule has 4 aliphatic carbocycles. The molecule has 0 saturated heterocycles. The van der Waals surface area contributed by atoms with Gasteiger partial charge in [0.05, 0.1) is 11.7 Å². The zero-order valence-corrected chi connectivity index (χ0v) is 19.7. The summed E-state index contributed by atoms with van der Waals surface area (Å²) in [6.45, 7) is 4.86. The van der Waals surface area contributed by atoms with Gasteiger partial charge in [-0.05, 0) is 92.3 Å². The maximum atomic E-state index is 11.8. The second-order valence-electron chi connectivity index (χ2n) is 11.7. The highest BCUT2D eigenvalue weighted by molar-refractivity contribution is 7.81. The molecule has 30 heavy (non-hydrogen) atoms. The van der Waals surface area contributed by atoms with Crippen molar-refractivity contribution in [2.75, 3.05) is 0 Å². The molecule has 0 heterocycles. The quantitative estimate of drug-likeness (QED) is 0.437. The van der Waals surface area contributed by atoms with Crippen molar-refractivity contribution in [3.8, 4) is 0 Å². The van der Waals surface area contributed by atoms with E-state index in [9.17, 15) is 15.0 Å². The van der Waals surface area contributed by atoms with Gasteiger partial charge in [-0.25, -0.2) is 0 Å². The Hall–Kier alpha value is -0.260. The number of rotatable bonds is 6. The molecule has 4 nitrogen and oxygen atoms in total. The van der Waals surface area contributed by atoms with Gasteiger partial charge in [0, 0.05) is 18.1 Å². The second kappa shape index (κ2) is 8.26. The molecular formula is C25H42O4S. The molecule has 172 valence electrons. The first-order valence-electron chi connectivity index (χ1n) is 12.4. The van der Waals surface area contributed by atoms with Crippen molar-refractivity contribution in [2.45, 2.75) is 114 Å². The fourth-order valence-electron chi connectivity index (χ4n) is 8.69. The number of hydrogen-bond donors (Lipinski definition) is 4. The number of carbonyl (C=O) groups is 1. The zero-order chi connectivity index (χ0) is 21.7.